The Morgan fingerprint density at radius 1 is 1.00 bits per heavy atom. The van der Waals surface area contributed by atoms with E-state index in [2.05, 4.69) is 0 Å². The molecule has 3 heterocycles. The molecule has 8 nitrogen and oxygen atoms in total. The average Bonchev–Trinajstić information content (AvgIpc) is 3.24. The SMILES string of the molecule is CCOc1ccccc1C=CC(=O)N1CCC2(CC1)CCN(C(=O)CN1CCS(=O)(=O)CC1)C2. The van der Waals surface area contributed by atoms with Crippen molar-refractivity contribution in [1.29, 1.82) is 0 Å². The van der Waals surface area contributed by atoms with Crippen LogP contribution in [0.15, 0.2) is 30.3 Å². The van der Waals surface area contributed by atoms with Crippen LogP contribution in [0.3, 0.4) is 0 Å². The van der Waals surface area contributed by atoms with Gasteiger partial charge in [0.1, 0.15) is 5.75 Å². The molecule has 3 aliphatic rings. The first kappa shape index (κ1) is 24.7. The summed E-state index contributed by atoms with van der Waals surface area (Å²) in [5.41, 5.74) is 0.977. The number of piperidine rings is 1. The highest BCUT2D eigenvalue weighted by molar-refractivity contribution is 7.91. The van der Waals surface area contributed by atoms with Crippen LogP contribution in [0.4, 0.5) is 0 Å². The Labute approximate surface area is 202 Å². The van der Waals surface area contributed by atoms with Gasteiger partial charge in [-0.25, -0.2) is 8.42 Å². The van der Waals surface area contributed by atoms with Crippen LogP contribution < -0.4 is 4.74 Å². The molecule has 3 fully saturated rings. The second-order valence-electron chi connectivity index (χ2n) is 9.62. The van der Waals surface area contributed by atoms with Crippen molar-refractivity contribution < 1.29 is 22.7 Å². The van der Waals surface area contributed by atoms with Gasteiger partial charge in [-0.3, -0.25) is 14.5 Å². The van der Waals surface area contributed by atoms with Gasteiger partial charge < -0.3 is 14.5 Å². The molecular formula is C25H35N3O5S. The molecule has 0 aromatic heterocycles. The molecule has 1 aromatic carbocycles. The van der Waals surface area contributed by atoms with E-state index in [0.29, 0.717) is 39.3 Å². The number of carbonyl (C=O) groups excluding carboxylic acids is 2. The molecule has 0 saturated carbocycles. The van der Waals surface area contributed by atoms with E-state index in [1.807, 2.05) is 52.0 Å². The van der Waals surface area contributed by atoms with Crippen LogP contribution in [-0.4, -0.2) is 98.9 Å². The van der Waals surface area contributed by atoms with Crippen LogP contribution in [0.25, 0.3) is 6.08 Å². The van der Waals surface area contributed by atoms with Gasteiger partial charge in [0.15, 0.2) is 9.84 Å². The third-order valence-electron chi connectivity index (χ3n) is 7.35. The minimum atomic E-state index is -2.94. The fraction of sp³-hybridized carbons (Fsp3) is 0.600. The second kappa shape index (κ2) is 10.5. The maximum Gasteiger partial charge on any atom is 0.246 e. The summed E-state index contributed by atoms with van der Waals surface area (Å²) in [6, 6.07) is 7.68. The summed E-state index contributed by atoms with van der Waals surface area (Å²) in [5, 5.41) is 0. The lowest BCUT2D eigenvalue weighted by atomic mass is 9.78. The third kappa shape index (κ3) is 5.99. The van der Waals surface area contributed by atoms with Crippen molar-refractivity contribution in [1.82, 2.24) is 14.7 Å². The fourth-order valence-electron chi connectivity index (χ4n) is 5.13. The first-order valence-corrected chi connectivity index (χ1v) is 14.0. The molecule has 0 unspecified atom stereocenters. The van der Waals surface area contributed by atoms with Gasteiger partial charge in [0, 0.05) is 50.9 Å². The molecule has 0 aliphatic carbocycles. The summed E-state index contributed by atoms with van der Waals surface area (Å²) in [6.07, 6.45) is 6.20. The Balaban J connectivity index is 1.26. The Kier molecular flexibility index (Phi) is 7.62. The van der Waals surface area contributed by atoms with Crippen LogP contribution in [0.5, 0.6) is 5.75 Å². The van der Waals surface area contributed by atoms with E-state index < -0.39 is 9.84 Å². The minimum absolute atomic E-state index is 0.00660. The quantitative estimate of drug-likeness (QED) is 0.565. The fourth-order valence-corrected chi connectivity index (χ4v) is 6.41. The van der Waals surface area contributed by atoms with E-state index in [0.717, 1.165) is 43.7 Å². The van der Waals surface area contributed by atoms with E-state index in [-0.39, 0.29) is 28.7 Å². The van der Waals surface area contributed by atoms with Gasteiger partial charge in [0.25, 0.3) is 0 Å². The Bertz CT molecular complexity index is 1020. The van der Waals surface area contributed by atoms with E-state index >= 15 is 0 Å². The molecule has 9 heteroatoms. The number of para-hydroxylation sites is 1. The molecule has 2 amide bonds. The number of hydrogen-bond donors (Lipinski definition) is 0. The van der Waals surface area contributed by atoms with Crippen molar-refractivity contribution in [2.75, 3.05) is 63.9 Å². The summed E-state index contributed by atoms with van der Waals surface area (Å²) >= 11 is 0. The zero-order valence-electron chi connectivity index (χ0n) is 19.9. The second-order valence-corrected chi connectivity index (χ2v) is 11.9. The molecule has 34 heavy (non-hydrogen) atoms. The first-order chi connectivity index (χ1) is 16.3. The summed E-state index contributed by atoms with van der Waals surface area (Å²) in [7, 11) is -2.94. The standard InChI is InChI=1S/C25H35N3O5S/c1-2-33-22-6-4-3-5-21(22)7-8-23(29)27-12-9-25(10-13-27)11-14-28(20-25)24(30)19-26-15-17-34(31,32)18-16-26/h3-8H,2,9-20H2,1H3. The van der Waals surface area contributed by atoms with Gasteiger partial charge in [0.05, 0.1) is 24.7 Å². The predicted octanol–water partition coefficient (Wildman–Crippen LogP) is 1.67. The molecule has 3 saturated heterocycles. The summed E-state index contributed by atoms with van der Waals surface area (Å²) < 4.78 is 28.8. The number of benzene rings is 1. The maximum absolute atomic E-state index is 12.8. The van der Waals surface area contributed by atoms with Crippen molar-refractivity contribution in [2.24, 2.45) is 5.41 Å². The first-order valence-electron chi connectivity index (χ1n) is 12.2. The maximum atomic E-state index is 12.8. The smallest absolute Gasteiger partial charge is 0.246 e. The van der Waals surface area contributed by atoms with Crippen molar-refractivity contribution >= 4 is 27.7 Å². The van der Waals surface area contributed by atoms with Crippen molar-refractivity contribution in [3.63, 3.8) is 0 Å². The molecule has 0 atom stereocenters. The molecule has 0 N–H and O–H groups in total. The van der Waals surface area contributed by atoms with Crippen molar-refractivity contribution in [3.8, 4) is 5.75 Å². The molecule has 0 bridgehead atoms. The molecule has 0 radical (unpaired) electrons. The van der Waals surface area contributed by atoms with E-state index in [1.165, 1.54) is 0 Å². The van der Waals surface area contributed by atoms with E-state index in [4.69, 9.17) is 4.74 Å². The summed E-state index contributed by atoms with van der Waals surface area (Å²) in [5.74, 6) is 1.14. The summed E-state index contributed by atoms with van der Waals surface area (Å²) in [4.78, 5) is 31.4. The van der Waals surface area contributed by atoms with Gasteiger partial charge in [-0.15, -0.1) is 0 Å². The Morgan fingerprint density at radius 3 is 2.32 bits per heavy atom. The highest BCUT2D eigenvalue weighted by Gasteiger charge is 2.42. The topological polar surface area (TPSA) is 87.2 Å². The van der Waals surface area contributed by atoms with Gasteiger partial charge in [0.2, 0.25) is 11.8 Å². The van der Waals surface area contributed by atoms with Gasteiger partial charge in [-0.05, 0) is 43.7 Å². The Hall–Kier alpha value is -2.39. The molecule has 186 valence electrons. The minimum Gasteiger partial charge on any atom is -0.493 e. The van der Waals surface area contributed by atoms with Crippen LogP contribution in [0.2, 0.25) is 0 Å². The number of sulfone groups is 1. The van der Waals surface area contributed by atoms with Gasteiger partial charge in [-0.1, -0.05) is 18.2 Å². The molecule has 4 rings (SSSR count). The number of hydrogen-bond acceptors (Lipinski definition) is 6. The number of ether oxygens (including phenoxy) is 1. The normalized spacial score (nSPS) is 22.4. The molecule has 3 aliphatic heterocycles. The van der Waals surface area contributed by atoms with Crippen LogP contribution in [-0.2, 0) is 19.4 Å². The van der Waals surface area contributed by atoms with Gasteiger partial charge >= 0.3 is 0 Å². The molecular weight excluding hydrogens is 454 g/mol. The average molecular weight is 490 g/mol. The summed E-state index contributed by atoms with van der Waals surface area (Å²) in [6.45, 7) is 6.55. The lowest BCUT2D eigenvalue weighted by Crippen LogP contribution is -2.47. The van der Waals surface area contributed by atoms with E-state index in [9.17, 15) is 18.0 Å². The van der Waals surface area contributed by atoms with Crippen molar-refractivity contribution in [3.05, 3.63) is 35.9 Å². The molecule has 1 aromatic rings. The largest absolute Gasteiger partial charge is 0.493 e. The highest BCUT2D eigenvalue weighted by Crippen LogP contribution is 2.40. The van der Waals surface area contributed by atoms with Crippen molar-refractivity contribution in [2.45, 2.75) is 26.2 Å². The number of likely N-dealkylation sites (tertiary alicyclic amines) is 2. The zero-order chi connectivity index (χ0) is 24.2. The third-order valence-corrected chi connectivity index (χ3v) is 8.96. The molecule has 1 spiro atoms. The van der Waals surface area contributed by atoms with Crippen LogP contribution in [0, 0.1) is 5.41 Å². The number of rotatable bonds is 6. The number of amides is 2. The monoisotopic (exact) mass is 489 g/mol. The highest BCUT2D eigenvalue weighted by atomic mass is 32.2. The van der Waals surface area contributed by atoms with Crippen LogP contribution in [0.1, 0.15) is 31.7 Å². The Morgan fingerprint density at radius 2 is 1.65 bits per heavy atom. The van der Waals surface area contributed by atoms with Gasteiger partial charge in [-0.2, -0.15) is 0 Å². The zero-order valence-corrected chi connectivity index (χ0v) is 20.8. The van der Waals surface area contributed by atoms with Crippen LogP contribution >= 0.6 is 0 Å². The lowest BCUT2D eigenvalue weighted by molar-refractivity contribution is -0.133. The predicted molar refractivity (Wildman–Crippen MR) is 131 cm³/mol. The lowest BCUT2D eigenvalue weighted by Gasteiger charge is -2.39. The number of carbonyl (C=O) groups is 2. The number of nitrogens with zero attached hydrogens (tertiary/aromatic N) is 3. The van der Waals surface area contributed by atoms with E-state index in [1.54, 1.807) is 6.08 Å².